The molecule has 0 aliphatic carbocycles. The predicted molar refractivity (Wildman–Crippen MR) is 81.1 cm³/mol. The Kier molecular flexibility index (Phi) is 4.77. The third-order valence-corrected chi connectivity index (χ3v) is 3.93. The van der Waals surface area contributed by atoms with Crippen molar-refractivity contribution >= 4 is 40.3 Å². The van der Waals surface area contributed by atoms with Gasteiger partial charge in [0.15, 0.2) is 0 Å². The van der Waals surface area contributed by atoms with Gasteiger partial charge in [-0.05, 0) is 24.3 Å². The number of thiophene rings is 1. The number of hydrogen-bond donors (Lipinski definition) is 1. The number of halogens is 1. The molecule has 1 aromatic heterocycles. The lowest BCUT2D eigenvalue weighted by Gasteiger charge is -2.07. The highest BCUT2D eigenvalue weighted by Gasteiger charge is 2.17. The molecule has 1 aromatic carbocycles. The number of nitro groups is 1. The highest BCUT2D eigenvalue weighted by Crippen LogP contribution is 2.28. The van der Waals surface area contributed by atoms with Crippen molar-refractivity contribution in [3.63, 3.8) is 0 Å². The Morgan fingerprint density at radius 2 is 2.19 bits per heavy atom. The molecule has 21 heavy (non-hydrogen) atoms. The summed E-state index contributed by atoms with van der Waals surface area (Å²) in [5, 5.41) is 14.0. The summed E-state index contributed by atoms with van der Waals surface area (Å²) in [6.45, 7) is 0.378. The number of hydrogen-bond acceptors (Lipinski definition) is 6. The van der Waals surface area contributed by atoms with Gasteiger partial charge < -0.3 is 10.1 Å². The van der Waals surface area contributed by atoms with Crippen molar-refractivity contribution in [3.8, 4) is 0 Å². The molecule has 2 rings (SSSR count). The summed E-state index contributed by atoms with van der Waals surface area (Å²) in [7, 11) is 1.25. The molecule has 0 saturated heterocycles. The fourth-order valence-electron chi connectivity index (χ4n) is 1.71. The lowest BCUT2D eigenvalue weighted by molar-refractivity contribution is -0.384. The second-order valence-electron chi connectivity index (χ2n) is 4.04. The molecule has 0 atom stereocenters. The second kappa shape index (κ2) is 6.55. The van der Waals surface area contributed by atoms with Crippen LogP contribution in [0.3, 0.4) is 0 Å². The first-order valence-corrected chi connectivity index (χ1v) is 7.05. The SMILES string of the molecule is COC(=O)c1ccc([N+](=O)[O-])c(NCc2ccc(Cl)s2)c1. The van der Waals surface area contributed by atoms with Crippen LogP contribution in [0.25, 0.3) is 0 Å². The summed E-state index contributed by atoms with van der Waals surface area (Å²) in [6.07, 6.45) is 0. The van der Waals surface area contributed by atoms with Gasteiger partial charge >= 0.3 is 5.97 Å². The van der Waals surface area contributed by atoms with E-state index in [9.17, 15) is 14.9 Å². The van der Waals surface area contributed by atoms with E-state index in [0.29, 0.717) is 10.9 Å². The Bertz CT molecular complexity index is 687. The molecule has 0 bridgehead atoms. The Labute approximate surface area is 129 Å². The number of anilines is 1. The Hall–Kier alpha value is -2.12. The van der Waals surface area contributed by atoms with Gasteiger partial charge in [0.05, 0.1) is 21.9 Å². The van der Waals surface area contributed by atoms with E-state index in [1.54, 1.807) is 6.07 Å². The fourth-order valence-corrected chi connectivity index (χ4v) is 2.74. The van der Waals surface area contributed by atoms with Crippen LogP contribution in [0.1, 0.15) is 15.2 Å². The summed E-state index contributed by atoms with van der Waals surface area (Å²) >= 11 is 7.21. The number of nitro benzene ring substituents is 1. The zero-order valence-corrected chi connectivity index (χ0v) is 12.5. The average Bonchev–Trinajstić information content (AvgIpc) is 2.89. The van der Waals surface area contributed by atoms with Crippen molar-refractivity contribution < 1.29 is 14.5 Å². The molecular formula is C13H11ClN2O4S. The normalized spacial score (nSPS) is 10.2. The van der Waals surface area contributed by atoms with E-state index in [4.69, 9.17) is 11.6 Å². The monoisotopic (exact) mass is 326 g/mol. The van der Waals surface area contributed by atoms with Gasteiger partial charge in [-0.15, -0.1) is 11.3 Å². The van der Waals surface area contributed by atoms with Crippen LogP contribution in [-0.4, -0.2) is 18.0 Å². The molecule has 0 aliphatic heterocycles. The number of carbonyl (C=O) groups excluding carboxylic acids is 1. The minimum Gasteiger partial charge on any atom is -0.465 e. The summed E-state index contributed by atoms with van der Waals surface area (Å²) in [6, 6.07) is 7.62. The van der Waals surface area contributed by atoms with Crippen molar-refractivity contribution in [1.29, 1.82) is 0 Å². The highest BCUT2D eigenvalue weighted by molar-refractivity contribution is 7.16. The maximum atomic E-state index is 11.5. The van der Waals surface area contributed by atoms with Crippen molar-refractivity contribution in [2.24, 2.45) is 0 Å². The Morgan fingerprint density at radius 3 is 2.76 bits per heavy atom. The molecule has 0 saturated carbocycles. The molecule has 0 unspecified atom stereocenters. The third kappa shape index (κ3) is 3.71. The molecule has 8 heteroatoms. The van der Waals surface area contributed by atoms with Gasteiger partial charge in [0.2, 0.25) is 0 Å². The van der Waals surface area contributed by atoms with E-state index < -0.39 is 10.9 Å². The molecule has 1 heterocycles. The largest absolute Gasteiger partial charge is 0.465 e. The highest BCUT2D eigenvalue weighted by atomic mass is 35.5. The first-order valence-electron chi connectivity index (χ1n) is 5.86. The number of ether oxygens (including phenoxy) is 1. The topological polar surface area (TPSA) is 81.5 Å². The van der Waals surface area contributed by atoms with Crippen molar-refractivity contribution in [1.82, 2.24) is 0 Å². The Morgan fingerprint density at radius 1 is 1.43 bits per heavy atom. The lowest BCUT2D eigenvalue weighted by atomic mass is 10.1. The second-order valence-corrected chi connectivity index (χ2v) is 5.84. The van der Waals surface area contributed by atoms with Gasteiger partial charge in [0.1, 0.15) is 5.69 Å². The number of carbonyl (C=O) groups is 1. The number of rotatable bonds is 5. The molecule has 0 amide bonds. The zero-order valence-electron chi connectivity index (χ0n) is 11.0. The van der Waals surface area contributed by atoms with Crippen LogP contribution in [0.5, 0.6) is 0 Å². The lowest BCUT2D eigenvalue weighted by Crippen LogP contribution is -2.06. The van der Waals surface area contributed by atoms with E-state index >= 15 is 0 Å². The molecule has 0 aliphatic rings. The van der Waals surface area contributed by atoms with Crippen molar-refractivity contribution in [2.45, 2.75) is 6.54 Å². The van der Waals surface area contributed by atoms with Gasteiger partial charge in [-0.1, -0.05) is 11.6 Å². The maximum absolute atomic E-state index is 11.5. The standard InChI is InChI=1S/C13H11ClN2O4S/c1-20-13(17)8-2-4-11(16(18)19)10(6-8)15-7-9-3-5-12(14)21-9/h2-6,15H,7H2,1H3. The maximum Gasteiger partial charge on any atom is 0.337 e. The van der Waals surface area contributed by atoms with Crippen LogP contribution >= 0.6 is 22.9 Å². The molecular weight excluding hydrogens is 316 g/mol. The minimum atomic E-state index is -0.549. The molecule has 0 radical (unpaired) electrons. The molecule has 1 N–H and O–H groups in total. The fraction of sp³-hybridized carbons (Fsp3) is 0.154. The minimum absolute atomic E-state index is 0.106. The summed E-state index contributed by atoms with van der Waals surface area (Å²) in [4.78, 5) is 22.9. The first-order chi connectivity index (χ1) is 10.0. The summed E-state index contributed by atoms with van der Waals surface area (Å²) in [5.41, 5.74) is 0.396. The number of esters is 1. The average molecular weight is 327 g/mol. The number of nitrogens with one attached hydrogen (secondary N) is 1. The van der Waals surface area contributed by atoms with E-state index in [1.165, 1.54) is 36.6 Å². The van der Waals surface area contributed by atoms with Gasteiger partial charge in [0, 0.05) is 17.5 Å². The van der Waals surface area contributed by atoms with Crippen LogP contribution in [0, 0.1) is 10.1 Å². The number of methoxy groups -OCH3 is 1. The molecule has 2 aromatic rings. The predicted octanol–water partition coefficient (Wildman–Crippen LogP) is 3.71. The van der Waals surface area contributed by atoms with Crippen LogP contribution in [0.2, 0.25) is 4.34 Å². The van der Waals surface area contributed by atoms with Crippen molar-refractivity contribution in [2.75, 3.05) is 12.4 Å². The quantitative estimate of drug-likeness (QED) is 0.514. The zero-order chi connectivity index (χ0) is 15.4. The van der Waals surface area contributed by atoms with Gasteiger partial charge in [0.25, 0.3) is 5.69 Å². The van der Waals surface area contributed by atoms with Crippen molar-refractivity contribution in [3.05, 3.63) is 55.2 Å². The number of benzene rings is 1. The van der Waals surface area contributed by atoms with E-state index in [2.05, 4.69) is 10.1 Å². The number of nitrogens with zero attached hydrogens (tertiary/aromatic N) is 1. The molecule has 0 fully saturated rings. The summed E-state index contributed by atoms with van der Waals surface area (Å²) in [5.74, 6) is -0.549. The summed E-state index contributed by atoms with van der Waals surface area (Å²) < 4.78 is 5.25. The molecule has 0 spiro atoms. The Balaban J connectivity index is 2.25. The molecule has 6 nitrogen and oxygen atoms in total. The first kappa shape index (κ1) is 15.3. The van der Waals surface area contributed by atoms with Crippen LogP contribution in [0.15, 0.2) is 30.3 Å². The third-order valence-electron chi connectivity index (χ3n) is 2.70. The van der Waals surface area contributed by atoms with Gasteiger partial charge in [-0.2, -0.15) is 0 Å². The van der Waals surface area contributed by atoms with Gasteiger partial charge in [-0.25, -0.2) is 4.79 Å². The van der Waals surface area contributed by atoms with Crippen LogP contribution in [0.4, 0.5) is 11.4 Å². The molecule has 110 valence electrons. The van der Waals surface area contributed by atoms with E-state index in [1.807, 2.05) is 6.07 Å². The van der Waals surface area contributed by atoms with Crippen LogP contribution in [-0.2, 0) is 11.3 Å². The van der Waals surface area contributed by atoms with Gasteiger partial charge in [-0.3, -0.25) is 10.1 Å². The van der Waals surface area contributed by atoms with E-state index in [0.717, 1.165) is 4.88 Å². The van der Waals surface area contributed by atoms with Crippen LogP contribution < -0.4 is 5.32 Å². The smallest absolute Gasteiger partial charge is 0.337 e. The van der Waals surface area contributed by atoms with E-state index in [-0.39, 0.29) is 16.9 Å².